The second-order valence-corrected chi connectivity index (χ2v) is 13.1. The second-order valence-electron chi connectivity index (χ2n) is 13.1. The van der Waals surface area contributed by atoms with Gasteiger partial charge in [0, 0.05) is 6.20 Å². The summed E-state index contributed by atoms with van der Waals surface area (Å²) in [5, 5.41) is 2.84. The van der Waals surface area contributed by atoms with E-state index in [1.165, 1.54) is 11.1 Å². The van der Waals surface area contributed by atoms with E-state index in [4.69, 9.17) is 14.2 Å². The first kappa shape index (κ1) is 35.6. The minimum atomic E-state index is -1.16. The molecule has 3 aromatic carbocycles. The molecule has 0 aliphatic carbocycles. The Morgan fingerprint density at radius 1 is 0.900 bits per heavy atom. The maximum Gasteiger partial charge on any atom is 0.416 e. The molecule has 0 bridgehead atoms. The SMILES string of the molecule is COc1ccc(CN(C(=O)OC(C)(C)C)c2cc(C[C@H]3C(=O)N(C(=O)N[C@H](C)c4ccccc4)[C@@H]3C(=O)OCc3ccccc3)ccn2)cc1. The number of benzene rings is 3. The fourth-order valence-corrected chi connectivity index (χ4v) is 5.60. The van der Waals surface area contributed by atoms with Crippen molar-refractivity contribution >= 4 is 29.8 Å². The molecule has 1 fully saturated rings. The van der Waals surface area contributed by atoms with Crippen LogP contribution < -0.4 is 15.0 Å². The van der Waals surface area contributed by atoms with Gasteiger partial charge in [0.1, 0.15) is 23.8 Å². The van der Waals surface area contributed by atoms with Gasteiger partial charge in [0.2, 0.25) is 5.91 Å². The van der Waals surface area contributed by atoms with E-state index in [2.05, 4.69) is 10.3 Å². The second kappa shape index (κ2) is 15.7. The zero-order chi connectivity index (χ0) is 35.8. The number of carbonyl (C=O) groups excluding carboxylic acids is 4. The van der Waals surface area contributed by atoms with E-state index in [0.717, 1.165) is 21.6 Å². The van der Waals surface area contributed by atoms with Crippen LogP contribution in [0.1, 0.15) is 56.0 Å². The van der Waals surface area contributed by atoms with Crippen LogP contribution in [0.3, 0.4) is 0 Å². The minimum Gasteiger partial charge on any atom is -0.497 e. The van der Waals surface area contributed by atoms with Crippen molar-refractivity contribution in [1.82, 2.24) is 15.2 Å². The summed E-state index contributed by atoms with van der Waals surface area (Å²) in [6.07, 6.45) is 1.03. The molecule has 0 radical (unpaired) electrons. The molecule has 0 spiro atoms. The molecule has 0 unspecified atom stereocenters. The summed E-state index contributed by atoms with van der Waals surface area (Å²) in [6, 6.07) is 26.9. The summed E-state index contributed by atoms with van der Waals surface area (Å²) >= 11 is 0. The molecular formula is C39H42N4O7. The number of imide groups is 1. The molecule has 1 aliphatic rings. The average molecular weight is 679 g/mol. The first-order valence-corrected chi connectivity index (χ1v) is 16.4. The van der Waals surface area contributed by atoms with E-state index in [1.807, 2.05) is 72.8 Å². The molecule has 4 amide bonds. The van der Waals surface area contributed by atoms with E-state index < -0.39 is 47.6 Å². The van der Waals surface area contributed by atoms with Crippen molar-refractivity contribution in [3.8, 4) is 5.75 Å². The van der Waals surface area contributed by atoms with Gasteiger partial charge >= 0.3 is 18.1 Å². The maximum atomic E-state index is 13.6. The maximum absolute atomic E-state index is 13.6. The van der Waals surface area contributed by atoms with Crippen LogP contribution in [-0.2, 0) is 38.6 Å². The molecule has 1 N–H and O–H groups in total. The van der Waals surface area contributed by atoms with Gasteiger partial charge in [-0.2, -0.15) is 0 Å². The predicted octanol–water partition coefficient (Wildman–Crippen LogP) is 6.62. The fourth-order valence-electron chi connectivity index (χ4n) is 5.60. The lowest BCUT2D eigenvalue weighted by molar-refractivity contribution is -0.170. The van der Waals surface area contributed by atoms with Crippen molar-refractivity contribution in [2.45, 2.75) is 65.0 Å². The molecule has 2 heterocycles. The van der Waals surface area contributed by atoms with Gasteiger partial charge in [-0.3, -0.25) is 9.69 Å². The third-order valence-electron chi connectivity index (χ3n) is 8.19. The lowest BCUT2D eigenvalue weighted by Crippen LogP contribution is -2.69. The van der Waals surface area contributed by atoms with Crippen molar-refractivity contribution in [1.29, 1.82) is 0 Å². The summed E-state index contributed by atoms with van der Waals surface area (Å²) < 4.78 is 16.6. The normalized spacial score (nSPS) is 16.1. The lowest BCUT2D eigenvalue weighted by Gasteiger charge is -2.44. The number of β-lactam (4-membered cyclic amide) rings is 1. The number of amides is 4. The average Bonchev–Trinajstić information content (AvgIpc) is 3.11. The quantitative estimate of drug-likeness (QED) is 0.139. The molecule has 1 aliphatic heterocycles. The Bertz CT molecular complexity index is 1790. The molecule has 5 rings (SSSR count). The van der Waals surface area contributed by atoms with Crippen molar-refractivity contribution in [2.24, 2.45) is 5.92 Å². The Morgan fingerprint density at radius 3 is 2.20 bits per heavy atom. The number of urea groups is 1. The summed E-state index contributed by atoms with van der Waals surface area (Å²) in [7, 11) is 1.58. The van der Waals surface area contributed by atoms with Crippen molar-refractivity contribution in [2.75, 3.05) is 12.0 Å². The Morgan fingerprint density at radius 2 is 1.56 bits per heavy atom. The number of ether oxygens (including phenoxy) is 3. The van der Waals surface area contributed by atoms with E-state index in [0.29, 0.717) is 17.1 Å². The van der Waals surface area contributed by atoms with E-state index >= 15 is 0 Å². The zero-order valence-electron chi connectivity index (χ0n) is 28.9. The number of hydrogen-bond acceptors (Lipinski definition) is 8. The number of nitrogens with one attached hydrogen (secondary N) is 1. The summed E-state index contributed by atoms with van der Waals surface area (Å²) in [5.41, 5.74) is 2.30. The monoisotopic (exact) mass is 678 g/mol. The number of carbonyl (C=O) groups is 4. The third-order valence-corrected chi connectivity index (χ3v) is 8.19. The Kier molecular flexibility index (Phi) is 11.2. The number of methoxy groups -OCH3 is 1. The Balaban J connectivity index is 1.38. The molecule has 11 nitrogen and oxygen atoms in total. The van der Waals surface area contributed by atoms with Gasteiger partial charge < -0.3 is 19.5 Å². The van der Waals surface area contributed by atoms with Crippen LogP contribution in [0.15, 0.2) is 103 Å². The smallest absolute Gasteiger partial charge is 0.416 e. The Labute approximate surface area is 292 Å². The highest BCUT2D eigenvalue weighted by Crippen LogP contribution is 2.33. The molecule has 0 saturated carbocycles. The highest BCUT2D eigenvalue weighted by atomic mass is 16.6. The molecule has 1 aromatic heterocycles. The molecule has 260 valence electrons. The predicted molar refractivity (Wildman–Crippen MR) is 187 cm³/mol. The molecule has 11 heteroatoms. The van der Waals surface area contributed by atoms with Crippen LogP contribution in [0.25, 0.3) is 0 Å². The zero-order valence-corrected chi connectivity index (χ0v) is 28.9. The highest BCUT2D eigenvalue weighted by Gasteiger charge is 2.55. The van der Waals surface area contributed by atoms with Gasteiger partial charge in [-0.05, 0) is 80.6 Å². The lowest BCUT2D eigenvalue weighted by atomic mass is 9.82. The standard InChI is InChI=1S/C39H42N4O7/c1-26(30-14-10-7-11-15-30)41-37(46)43-34(36(45)49-25-28-12-8-6-9-13-28)32(35(43)44)22-29-20-21-40-33(23-29)42(38(47)50-39(2,3)4)24-27-16-18-31(48-5)19-17-27/h6-21,23,26,32,34H,22,24-25H2,1-5H3,(H,41,46)/t26-,32-,34+/m1/s1. The molecule has 3 atom stereocenters. The largest absolute Gasteiger partial charge is 0.497 e. The molecule has 50 heavy (non-hydrogen) atoms. The number of hydrogen-bond donors (Lipinski definition) is 1. The van der Waals surface area contributed by atoms with Crippen LogP contribution in [0.2, 0.25) is 0 Å². The van der Waals surface area contributed by atoms with Crippen LogP contribution >= 0.6 is 0 Å². The van der Waals surface area contributed by atoms with Gasteiger partial charge in [-0.25, -0.2) is 24.3 Å². The number of pyridine rings is 1. The van der Waals surface area contributed by atoms with E-state index in [1.54, 1.807) is 59.1 Å². The van der Waals surface area contributed by atoms with E-state index in [-0.39, 0.29) is 19.6 Å². The number of rotatable bonds is 11. The summed E-state index contributed by atoms with van der Waals surface area (Å²) in [4.78, 5) is 60.9. The van der Waals surface area contributed by atoms with Gasteiger partial charge in [0.15, 0.2) is 6.04 Å². The van der Waals surface area contributed by atoms with Crippen LogP contribution in [0.4, 0.5) is 15.4 Å². The summed E-state index contributed by atoms with van der Waals surface area (Å²) in [5.74, 6) is -1.11. The van der Waals surface area contributed by atoms with Crippen molar-refractivity contribution < 1.29 is 33.4 Å². The first-order chi connectivity index (χ1) is 23.9. The van der Waals surface area contributed by atoms with Crippen LogP contribution in [0, 0.1) is 5.92 Å². The van der Waals surface area contributed by atoms with Gasteiger partial charge in [-0.1, -0.05) is 72.8 Å². The fraction of sp³-hybridized carbons (Fsp3) is 0.308. The first-order valence-electron chi connectivity index (χ1n) is 16.4. The summed E-state index contributed by atoms with van der Waals surface area (Å²) in [6.45, 7) is 7.28. The third kappa shape index (κ3) is 8.84. The van der Waals surface area contributed by atoms with Crippen LogP contribution in [0.5, 0.6) is 5.75 Å². The van der Waals surface area contributed by atoms with Crippen LogP contribution in [-0.4, -0.2) is 52.6 Å². The number of anilines is 1. The van der Waals surface area contributed by atoms with Gasteiger partial charge in [-0.15, -0.1) is 0 Å². The Hall–Kier alpha value is -5.71. The number of nitrogens with zero attached hydrogens (tertiary/aromatic N) is 3. The highest BCUT2D eigenvalue weighted by molar-refractivity contribution is 6.08. The number of aromatic nitrogens is 1. The van der Waals surface area contributed by atoms with Gasteiger partial charge in [0.25, 0.3) is 0 Å². The topological polar surface area (TPSA) is 127 Å². The van der Waals surface area contributed by atoms with Crippen molar-refractivity contribution in [3.63, 3.8) is 0 Å². The minimum absolute atomic E-state index is 0.0113. The van der Waals surface area contributed by atoms with Crippen molar-refractivity contribution in [3.05, 3.63) is 126 Å². The number of likely N-dealkylation sites (tertiary alicyclic amines) is 1. The number of esters is 1. The van der Waals surface area contributed by atoms with Gasteiger partial charge in [0.05, 0.1) is 25.6 Å². The molecular weight excluding hydrogens is 636 g/mol. The molecule has 4 aromatic rings. The molecule has 1 saturated heterocycles. The van der Waals surface area contributed by atoms with E-state index in [9.17, 15) is 19.2 Å².